The largest absolute Gasteiger partial charge is 0.378 e. The maximum absolute atomic E-state index is 13.0. The Labute approximate surface area is 109 Å². The van der Waals surface area contributed by atoms with Crippen LogP contribution in [-0.4, -0.2) is 53.2 Å². The zero-order chi connectivity index (χ0) is 13.7. The van der Waals surface area contributed by atoms with Crippen molar-refractivity contribution in [2.24, 2.45) is 0 Å². The van der Waals surface area contributed by atoms with Gasteiger partial charge in [0.2, 0.25) is 5.91 Å². The van der Waals surface area contributed by atoms with E-state index in [-0.39, 0.29) is 12.3 Å². The van der Waals surface area contributed by atoms with Gasteiger partial charge in [0.25, 0.3) is 6.43 Å². The molecular weight excluding hydrogens is 258 g/mol. The molecule has 1 fully saturated rings. The number of aromatic nitrogens is 2. The highest BCUT2D eigenvalue weighted by molar-refractivity contribution is 5.76. The quantitative estimate of drug-likeness (QED) is 0.865. The number of rotatable bonds is 4. The molecule has 1 amide bonds. The number of alkyl halides is 2. The van der Waals surface area contributed by atoms with E-state index in [2.05, 4.69) is 10.4 Å². The third kappa shape index (κ3) is 3.71. The van der Waals surface area contributed by atoms with Gasteiger partial charge in [-0.2, -0.15) is 0 Å². The monoisotopic (exact) mass is 274 g/mol. The van der Waals surface area contributed by atoms with Gasteiger partial charge in [0, 0.05) is 18.9 Å². The molecule has 1 aliphatic heterocycles. The Morgan fingerprint density at radius 1 is 1.47 bits per heavy atom. The normalized spacial score (nSPS) is 18.4. The van der Waals surface area contributed by atoms with Crippen LogP contribution < -0.4 is 5.43 Å². The molecule has 2 heterocycles. The van der Waals surface area contributed by atoms with Crippen molar-refractivity contribution in [2.45, 2.75) is 18.9 Å². The van der Waals surface area contributed by atoms with Gasteiger partial charge in [0.1, 0.15) is 6.04 Å². The van der Waals surface area contributed by atoms with Crippen molar-refractivity contribution in [3.05, 3.63) is 18.7 Å². The van der Waals surface area contributed by atoms with E-state index in [1.807, 2.05) is 0 Å². The van der Waals surface area contributed by atoms with Gasteiger partial charge in [-0.3, -0.25) is 9.80 Å². The summed E-state index contributed by atoms with van der Waals surface area (Å²) >= 11 is 0. The summed E-state index contributed by atoms with van der Waals surface area (Å²) < 4.78 is 32.5. The molecular formula is C11H16F2N4O2. The lowest BCUT2D eigenvalue weighted by Gasteiger charge is -2.24. The Morgan fingerprint density at radius 3 is 3.00 bits per heavy atom. The van der Waals surface area contributed by atoms with Gasteiger partial charge in [0.15, 0.2) is 0 Å². The van der Waals surface area contributed by atoms with Gasteiger partial charge >= 0.3 is 0 Å². The summed E-state index contributed by atoms with van der Waals surface area (Å²) in [4.78, 5) is 15.7. The van der Waals surface area contributed by atoms with E-state index in [0.717, 1.165) is 0 Å². The SMILES string of the molecule is O=C(CC(C(F)F)n1ccnc1)N1CCOCCN1. The van der Waals surface area contributed by atoms with Crippen molar-refractivity contribution in [3.8, 4) is 0 Å². The van der Waals surface area contributed by atoms with Crippen molar-refractivity contribution in [3.63, 3.8) is 0 Å². The van der Waals surface area contributed by atoms with Gasteiger partial charge in [-0.1, -0.05) is 0 Å². The topological polar surface area (TPSA) is 59.4 Å². The second kappa shape index (κ2) is 6.58. The molecule has 0 aromatic carbocycles. The average molecular weight is 274 g/mol. The number of hydrogen-bond acceptors (Lipinski definition) is 4. The molecule has 1 N–H and O–H groups in total. The van der Waals surface area contributed by atoms with Crippen molar-refractivity contribution < 1.29 is 18.3 Å². The van der Waals surface area contributed by atoms with Crippen LogP contribution in [0.1, 0.15) is 12.5 Å². The summed E-state index contributed by atoms with van der Waals surface area (Å²) in [5, 5.41) is 1.35. The smallest absolute Gasteiger partial charge is 0.259 e. The predicted octanol–water partition coefficient (Wildman–Crippen LogP) is 0.443. The minimum atomic E-state index is -2.62. The first-order chi connectivity index (χ1) is 9.18. The van der Waals surface area contributed by atoms with Gasteiger partial charge in [-0.05, 0) is 0 Å². The van der Waals surface area contributed by atoms with E-state index in [9.17, 15) is 13.6 Å². The number of hydrogen-bond donors (Lipinski definition) is 1. The zero-order valence-electron chi connectivity index (χ0n) is 10.3. The van der Waals surface area contributed by atoms with Gasteiger partial charge < -0.3 is 9.30 Å². The highest BCUT2D eigenvalue weighted by Gasteiger charge is 2.27. The van der Waals surface area contributed by atoms with Crippen molar-refractivity contribution in [2.75, 3.05) is 26.3 Å². The highest BCUT2D eigenvalue weighted by Crippen LogP contribution is 2.21. The molecule has 1 unspecified atom stereocenters. The molecule has 0 bridgehead atoms. The number of halogens is 2. The average Bonchev–Trinajstić information content (AvgIpc) is 2.76. The lowest BCUT2D eigenvalue weighted by atomic mass is 10.2. The molecule has 1 saturated heterocycles. The fraction of sp³-hybridized carbons (Fsp3) is 0.636. The maximum atomic E-state index is 13.0. The molecule has 1 aromatic rings. The highest BCUT2D eigenvalue weighted by atomic mass is 19.3. The molecule has 0 radical (unpaired) electrons. The molecule has 1 atom stereocenters. The molecule has 6 nitrogen and oxygen atoms in total. The minimum Gasteiger partial charge on any atom is -0.378 e. The zero-order valence-corrected chi connectivity index (χ0v) is 10.3. The molecule has 1 aromatic heterocycles. The Bertz CT molecular complexity index is 391. The van der Waals surface area contributed by atoms with E-state index >= 15 is 0 Å². The summed E-state index contributed by atoms with van der Waals surface area (Å²) in [6.45, 7) is 1.77. The Hall–Kier alpha value is -1.54. The van der Waals surface area contributed by atoms with Crippen LogP contribution in [-0.2, 0) is 9.53 Å². The summed E-state index contributed by atoms with van der Waals surface area (Å²) in [7, 11) is 0. The summed E-state index contributed by atoms with van der Waals surface area (Å²) in [5.74, 6) is -0.371. The number of imidazole rings is 1. The third-order valence-electron chi connectivity index (χ3n) is 2.89. The Kier molecular flexibility index (Phi) is 4.80. The van der Waals surface area contributed by atoms with Gasteiger partial charge in [-0.25, -0.2) is 19.2 Å². The van der Waals surface area contributed by atoms with Crippen LogP contribution in [0.4, 0.5) is 8.78 Å². The van der Waals surface area contributed by atoms with E-state index < -0.39 is 12.5 Å². The minimum absolute atomic E-state index is 0.277. The summed E-state index contributed by atoms with van der Waals surface area (Å²) in [6.07, 6.45) is 1.24. The lowest BCUT2D eigenvalue weighted by Crippen LogP contribution is -2.44. The molecule has 8 heteroatoms. The fourth-order valence-corrected chi connectivity index (χ4v) is 1.88. The molecule has 0 saturated carbocycles. The van der Waals surface area contributed by atoms with Gasteiger partial charge in [0.05, 0.1) is 32.5 Å². The van der Waals surface area contributed by atoms with E-state index in [0.29, 0.717) is 26.3 Å². The first-order valence-corrected chi connectivity index (χ1v) is 6.05. The number of hydrazine groups is 1. The van der Waals surface area contributed by atoms with Crippen LogP contribution >= 0.6 is 0 Å². The standard InChI is InChI=1S/C11H16F2N4O2/c12-11(13)9(16-3-1-14-8-16)7-10(18)17-4-6-19-5-2-15-17/h1,3,8-9,11,15H,2,4-7H2. The van der Waals surface area contributed by atoms with E-state index in [1.165, 1.54) is 28.3 Å². The molecule has 2 rings (SSSR count). The molecule has 19 heavy (non-hydrogen) atoms. The van der Waals surface area contributed by atoms with E-state index in [4.69, 9.17) is 4.74 Å². The summed E-state index contributed by atoms with van der Waals surface area (Å²) in [5.41, 5.74) is 2.86. The molecule has 1 aliphatic rings. The van der Waals surface area contributed by atoms with Crippen LogP contribution in [0.15, 0.2) is 18.7 Å². The Balaban J connectivity index is 1.98. The number of ether oxygens (including phenoxy) is 1. The first-order valence-electron chi connectivity index (χ1n) is 6.05. The van der Waals surface area contributed by atoms with Crippen molar-refractivity contribution in [1.29, 1.82) is 0 Å². The summed E-state index contributed by atoms with van der Waals surface area (Å²) in [6, 6.07) is -1.19. The van der Waals surface area contributed by atoms with E-state index in [1.54, 1.807) is 0 Å². The second-order valence-electron chi connectivity index (χ2n) is 4.18. The van der Waals surface area contributed by atoms with Crippen LogP contribution in [0.2, 0.25) is 0 Å². The number of carbonyl (C=O) groups excluding carboxylic acids is 1. The van der Waals surface area contributed by atoms with Crippen molar-refractivity contribution >= 4 is 5.91 Å². The number of carbonyl (C=O) groups is 1. The van der Waals surface area contributed by atoms with Crippen LogP contribution in [0, 0.1) is 0 Å². The predicted molar refractivity (Wildman–Crippen MR) is 62.4 cm³/mol. The van der Waals surface area contributed by atoms with Crippen LogP contribution in [0.5, 0.6) is 0 Å². The number of nitrogens with zero attached hydrogens (tertiary/aromatic N) is 3. The molecule has 0 spiro atoms. The maximum Gasteiger partial charge on any atom is 0.259 e. The first kappa shape index (κ1) is 13.9. The number of amides is 1. The third-order valence-corrected chi connectivity index (χ3v) is 2.89. The van der Waals surface area contributed by atoms with Gasteiger partial charge in [-0.15, -0.1) is 0 Å². The second-order valence-corrected chi connectivity index (χ2v) is 4.18. The molecule has 0 aliphatic carbocycles. The van der Waals surface area contributed by atoms with Crippen molar-refractivity contribution in [1.82, 2.24) is 20.0 Å². The fourth-order valence-electron chi connectivity index (χ4n) is 1.88. The molecule has 106 valence electrons. The van der Waals surface area contributed by atoms with Crippen LogP contribution in [0.25, 0.3) is 0 Å². The lowest BCUT2D eigenvalue weighted by molar-refractivity contribution is -0.136. The van der Waals surface area contributed by atoms with Crippen LogP contribution in [0.3, 0.4) is 0 Å². The number of nitrogens with one attached hydrogen (secondary N) is 1. The Morgan fingerprint density at radius 2 is 2.32 bits per heavy atom.